The van der Waals surface area contributed by atoms with Crippen molar-refractivity contribution in [3.05, 3.63) is 29.6 Å². The van der Waals surface area contributed by atoms with Crippen molar-refractivity contribution >= 4 is 5.91 Å². The Morgan fingerprint density at radius 3 is 2.46 bits per heavy atom. The zero-order chi connectivity index (χ0) is 19.7. The van der Waals surface area contributed by atoms with Crippen LogP contribution >= 0.6 is 0 Å². The molecule has 148 valence electrons. The quantitative estimate of drug-likeness (QED) is 0.629. The van der Waals surface area contributed by atoms with E-state index in [1.54, 1.807) is 6.07 Å². The number of likely N-dealkylation sites (tertiary alicyclic amines) is 1. The van der Waals surface area contributed by atoms with Gasteiger partial charge in [0.15, 0.2) is 0 Å². The number of carbonyl (C=O) groups is 1. The smallest absolute Gasteiger partial charge is 0.228 e. The fraction of sp³-hybridized carbons (Fsp3) is 0.667. The molecule has 0 unspecified atom stereocenters. The molecular weight excluding hydrogens is 333 g/mol. The number of nitrogens with zero attached hydrogens (tertiary/aromatic N) is 1. The molecule has 5 heteroatoms. The van der Waals surface area contributed by atoms with Gasteiger partial charge < -0.3 is 14.4 Å². The van der Waals surface area contributed by atoms with Gasteiger partial charge >= 0.3 is 0 Å². The molecule has 1 aromatic rings. The predicted molar refractivity (Wildman–Crippen MR) is 103 cm³/mol. The fourth-order valence-corrected chi connectivity index (χ4v) is 2.86. The van der Waals surface area contributed by atoms with Crippen LogP contribution < -0.4 is 4.74 Å². The van der Waals surface area contributed by atoms with Gasteiger partial charge in [-0.15, -0.1) is 0 Å². The minimum Gasteiger partial charge on any atom is -0.491 e. The molecule has 0 saturated carbocycles. The first-order chi connectivity index (χ1) is 12.3. The zero-order valence-corrected chi connectivity index (χ0v) is 17.1. The molecule has 1 aliphatic rings. The van der Waals surface area contributed by atoms with Gasteiger partial charge in [-0.3, -0.25) is 4.79 Å². The number of hydrogen-bond donors (Lipinski definition) is 0. The average Bonchev–Trinajstić information content (AvgIpc) is 2.86. The van der Waals surface area contributed by atoms with Crippen LogP contribution in [0, 0.1) is 11.2 Å². The third-order valence-electron chi connectivity index (χ3n) is 4.46. The maximum atomic E-state index is 13.4. The highest BCUT2D eigenvalue weighted by atomic mass is 19.1. The number of carbonyl (C=O) groups excluding carboxylic acids is 1. The van der Waals surface area contributed by atoms with Crippen molar-refractivity contribution < 1.29 is 18.7 Å². The van der Waals surface area contributed by atoms with Crippen LogP contribution in [0.15, 0.2) is 18.2 Å². The third kappa shape index (κ3) is 6.27. The van der Waals surface area contributed by atoms with E-state index in [1.165, 1.54) is 12.1 Å². The average molecular weight is 368 g/mol. The minimum absolute atomic E-state index is 0.198. The van der Waals surface area contributed by atoms with E-state index in [-0.39, 0.29) is 23.1 Å². The Hall–Kier alpha value is -1.62. The summed E-state index contributed by atoms with van der Waals surface area (Å²) < 4.78 is 24.6. The van der Waals surface area contributed by atoms with Crippen LogP contribution in [0.3, 0.4) is 0 Å². The lowest BCUT2D eigenvalue weighted by molar-refractivity contribution is -0.135. The minimum atomic E-state index is -0.300. The molecule has 1 aliphatic heterocycles. The molecule has 1 amide bonds. The van der Waals surface area contributed by atoms with Crippen molar-refractivity contribution in [2.75, 3.05) is 32.9 Å². The molecule has 1 aromatic carbocycles. The lowest BCUT2D eigenvalue weighted by atomic mass is 9.92. The second-order valence-corrected chi connectivity index (χ2v) is 7.22. The summed E-state index contributed by atoms with van der Waals surface area (Å²) in [5, 5.41) is 0. The van der Waals surface area contributed by atoms with Crippen LogP contribution in [0.4, 0.5) is 4.39 Å². The lowest BCUT2D eigenvalue weighted by Gasteiger charge is -2.19. The SMILES string of the molecule is CC.CC(C)c1ccc(F)cc1OCCOCCN1CCC(C)(C)C1=O. The first-order valence-electron chi connectivity index (χ1n) is 9.60. The van der Waals surface area contributed by atoms with Gasteiger partial charge in [0, 0.05) is 24.6 Å². The van der Waals surface area contributed by atoms with Gasteiger partial charge in [0.2, 0.25) is 5.91 Å². The highest BCUT2D eigenvalue weighted by molar-refractivity contribution is 5.83. The predicted octanol–water partition coefficient (Wildman–Crippen LogP) is 4.63. The second-order valence-electron chi connectivity index (χ2n) is 7.22. The number of amides is 1. The zero-order valence-electron chi connectivity index (χ0n) is 17.1. The van der Waals surface area contributed by atoms with Gasteiger partial charge in [0.25, 0.3) is 0 Å². The van der Waals surface area contributed by atoms with Crippen LogP contribution in [0.2, 0.25) is 0 Å². The van der Waals surface area contributed by atoms with Crippen molar-refractivity contribution in [3.63, 3.8) is 0 Å². The van der Waals surface area contributed by atoms with Crippen molar-refractivity contribution in [2.24, 2.45) is 5.41 Å². The Balaban J connectivity index is 0.00000163. The van der Waals surface area contributed by atoms with Crippen molar-refractivity contribution in [2.45, 2.75) is 53.9 Å². The Labute approximate surface area is 157 Å². The number of halogens is 1. The molecule has 1 heterocycles. The number of rotatable bonds is 8. The van der Waals surface area contributed by atoms with Crippen LogP contribution in [0.25, 0.3) is 0 Å². The van der Waals surface area contributed by atoms with E-state index in [1.807, 2.05) is 46.4 Å². The van der Waals surface area contributed by atoms with Crippen LogP contribution in [0.1, 0.15) is 59.4 Å². The summed E-state index contributed by atoms with van der Waals surface area (Å²) >= 11 is 0. The molecule has 0 spiro atoms. The fourth-order valence-electron chi connectivity index (χ4n) is 2.86. The van der Waals surface area contributed by atoms with E-state index in [0.717, 1.165) is 18.5 Å². The van der Waals surface area contributed by atoms with Gasteiger partial charge in [0.05, 0.1) is 13.2 Å². The molecule has 0 atom stereocenters. The first-order valence-corrected chi connectivity index (χ1v) is 9.60. The summed E-state index contributed by atoms with van der Waals surface area (Å²) in [7, 11) is 0. The highest BCUT2D eigenvalue weighted by Gasteiger charge is 2.37. The molecule has 4 nitrogen and oxygen atoms in total. The topological polar surface area (TPSA) is 38.8 Å². The normalized spacial score (nSPS) is 15.8. The monoisotopic (exact) mass is 367 g/mol. The maximum Gasteiger partial charge on any atom is 0.228 e. The molecule has 0 radical (unpaired) electrons. The lowest BCUT2D eigenvalue weighted by Crippen LogP contribution is -2.33. The van der Waals surface area contributed by atoms with E-state index >= 15 is 0 Å². The Morgan fingerprint density at radius 1 is 1.19 bits per heavy atom. The maximum absolute atomic E-state index is 13.4. The number of ether oxygens (including phenoxy) is 2. The van der Waals surface area contributed by atoms with Crippen molar-refractivity contribution in [1.29, 1.82) is 0 Å². The molecule has 26 heavy (non-hydrogen) atoms. The summed E-state index contributed by atoms with van der Waals surface area (Å²) in [5.74, 6) is 0.741. The van der Waals surface area contributed by atoms with Gasteiger partial charge in [0.1, 0.15) is 18.2 Å². The molecule has 0 bridgehead atoms. The van der Waals surface area contributed by atoms with Gasteiger partial charge in [-0.2, -0.15) is 0 Å². The summed E-state index contributed by atoms with van der Waals surface area (Å²) in [5.41, 5.74) is 0.745. The molecule has 2 rings (SSSR count). The number of benzene rings is 1. The highest BCUT2D eigenvalue weighted by Crippen LogP contribution is 2.30. The molecular formula is C21H34FNO3. The van der Waals surface area contributed by atoms with Gasteiger partial charge in [-0.25, -0.2) is 4.39 Å². The summed E-state index contributed by atoms with van der Waals surface area (Å²) in [6.07, 6.45) is 0.895. The van der Waals surface area contributed by atoms with Crippen LogP contribution in [-0.2, 0) is 9.53 Å². The molecule has 1 fully saturated rings. The summed E-state index contributed by atoms with van der Waals surface area (Å²) in [6.45, 7) is 14.7. The van der Waals surface area contributed by atoms with Crippen LogP contribution in [0.5, 0.6) is 5.75 Å². The van der Waals surface area contributed by atoms with E-state index in [0.29, 0.717) is 32.1 Å². The van der Waals surface area contributed by atoms with Crippen LogP contribution in [-0.4, -0.2) is 43.7 Å². The molecule has 0 aromatic heterocycles. The summed E-state index contributed by atoms with van der Waals surface area (Å²) in [4.78, 5) is 13.9. The van der Waals surface area contributed by atoms with Crippen molar-refractivity contribution in [1.82, 2.24) is 4.90 Å². The first kappa shape index (κ1) is 22.4. The number of hydrogen-bond acceptors (Lipinski definition) is 3. The van der Waals surface area contributed by atoms with E-state index in [4.69, 9.17) is 9.47 Å². The largest absolute Gasteiger partial charge is 0.491 e. The second kappa shape index (κ2) is 10.5. The van der Waals surface area contributed by atoms with E-state index in [2.05, 4.69) is 0 Å². The van der Waals surface area contributed by atoms with E-state index < -0.39 is 0 Å². The summed E-state index contributed by atoms with van der Waals surface area (Å²) in [6, 6.07) is 4.63. The molecule has 1 saturated heterocycles. The van der Waals surface area contributed by atoms with Gasteiger partial charge in [-0.05, 0) is 24.0 Å². The standard InChI is InChI=1S/C19H28FNO3.C2H6/c1-14(2)16-6-5-15(20)13-17(16)24-12-11-23-10-9-21-8-7-19(3,4)18(21)22;1-2/h5-6,13-14H,7-12H2,1-4H3;1-2H3. The Kier molecular flexibility index (Phi) is 9.06. The third-order valence-corrected chi connectivity index (χ3v) is 4.46. The Bertz CT molecular complexity index is 572. The van der Waals surface area contributed by atoms with Crippen molar-refractivity contribution in [3.8, 4) is 5.75 Å². The Morgan fingerprint density at radius 2 is 1.88 bits per heavy atom. The van der Waals surface area contributed by atoms with E-state index in [9.17, 15) is 9.18 Å². The molecule has 0 aliphatic carbocycles. The molecule has 0 N–H and O–H groups in total. The van der Waals surface area contributed by atoms with Gasteiger partial charge in [-0.1, -0.05) is 47.6 Å².